The van der Waals surface area contributed by atoms with Crippen LogP contribution in [0.3, 0.4) is 0 Å². The molecule has 1 saturated heterocycles. The molecule has 2 aromatic heterocycles. The lowest BCUT2D eigenvalue weighted by molar-refractivity contribution is -0.00348. The first-order valence-electron chi connectivity index (χ1n) is 6.41. The molecule has 2 aromatic rings. The molecule has 3 rings (SSSR count). The molecule has 102 valence electrons. The van der Waals surface area contributed by atoms with Gasteiger partial charge in [-0.15, -0.1) is 11.6 Å². The van der Waals surface area contributed by atoms with Crippen molar-refractivity contribution in [2.24, 2.45) is 7.05 Å². The van der Waals surface area contributed by atoms with E-state index in [-0.39, 0.29) is 12.2 Å². The molecule has 0 aromatic carbocycles. The number of ether oxygens (including phenoxy) is 1. The van der Waals surface area contributed by atoms with E-state index in [0.717, 1.165) is 29.9 Å². The minimum atomic E-state index is 0.0474. The second-order valence-corrected chi connectivity index (χ2v) is 5.29. The van der Waals surface area contributed by atoms with E-state index in [4.69, 9.17) is 16.3 Å². The molecule has 6 heteroatoms. The van der Waals surface area contributed by atoms with Gasteiger partial charge in [0.1, 0.15) is 5.52 Å². The molecule has 1 fully saturated rings. The molecule has 0 aliphatic carbocycles. The Morgan fingerprint density at radius 3 is 3.05 bits per heavy atom. The van der Waals surface area contributed by atoms with Gasteiger partial charge in [0.05, 0.1) is 29.9 Å². The molecule has 0 N–H and O–H groups in total. The zero-order valence-corrected chi connectivity index (χ0v) is 11.8. The number of imidazole rings is 1. The maximum atomic E-state index is 5.93. The van der Waals surface area contributed by atoms with Crippen molar-refractivity contribution < 1.29 is 4.74 Å². The van der Waals surface area contributed by atoms with E-state index in [2.05, 4.69) is 21.8 Å². The van der Waals surface area contributed by atoms with Crippen molar-refractivity contribution in [3.8, 4) is 0 Å². The van der Waals surface area contributed by atoms with Crippen molar-refractivity contribution in [1.29, 1.82) is 0 Å². The number of halogens is 1. The average Bonchev–Trinajstić information content (AvgIpc) is 2.80. The summed E-state index contributed by atoms with van der Waals surface area (Å²) in [7, 11) is 1.99. The Morgan fingerprint density at radius 1 is 1.42 bits per heavy atom. The fourth-order valence-corrected chi connectivity index (χ4v) is 2.75. The van der Waals surface area contributed by atoms with Crippen LogP contribution in [0.25, 0.3) is 11.0 Å². The zero-order chi connectivity index (χ0) is 13.4. The molecule has 0 radical (unpaired) electrons. The Kier molecular flexibility index (Phi) is 3.33. The normalized spacial score (nSPS) is 24.1. The topological polar surface area (TPSA) is 43.2 Å². The number of aryl methyl sites for hydroxylation is 1. The van der Waals surface area contributed by atoms with Gasteiger partial charge in [-0.2, -0.15) is 0 Å². The fraction of sp³-hybridized carbons (Fsp3) is 0.538. The first-order valence-corrected chi connectivity index (χ1v) is 6.95. The predicted molar refractivity (Wildman–Crippen MR) is 75.8 cm³/mol. The number of aromatic nitrogens is 3. The Morgan fingerprint density at radius 2 is 2.26 bits per heavy atom. The summed E-state index contributed by atoms with van der Waals surface area (Å²) < 4.78 is 7.78. The van der Waals surface area contributed by atoms with Crippen LogP contribution in [0.4, 0.5) is 5.82 Å². The van der Waals surface area contributed by atoms with Crippen LogP contribution in [0.15, 0.2) is 18.6 Å². The van der Waals surface area contributed by atoms with Crippen molar-refractivity contribution in [2.45, 2.75) is 19.1 Å². The summed E-state index contributed by atoms with van der Waals surface area (Å²) in [6.07, 6.45) is 3.85. The van der Waals surface area contributed by atoms with Crippen molar-refractivity contribution >= 4 is 28.5 Å². The minimum absolute atomic E-state index is 0.0474. The van der Waals surface area contributed by atoms with Crippen molar-refractivity contribution in [3.63, 3.8) is 0 Å². The number of nitrogens with zero attached hydrogens (tertiary/aromatic N) is 4. The maximum Gasteiger partial charge on any atom is 0.156 e. The SMILES string of the molecule is CC1CN(c2nccc3c2ncn3C)CC(CCl)O1. The second-order valence-electron chi connectivity index (χ2n) is 4.99. The number of fused-ring (bicyclic) bond motifs is 1. The summed E-state index contributed by atoms with van der Waals surface area (Å²) in [4.78, 5) is 11.2. The van der Waals surface area contributed by atoms with Crippen LogP contribution in [0.2, 0.25) is 0 Å². The van der Waals surface area contributed by atoms with Crippen molar-refractivity contribution in [1.82, 2.24) is 14.5 Å². The number of hydrogen-bond acceptors (Lipinski definition) is 4. The molecule has 19 heavy (non-hydrogen) atoms. The number of rotatable bonds is 2. The van der Waals surface area contributed by atoms with Gasteiger partial charge in [0, 0.05) is 26.3 Å². The van der Waals surface area contributed by atoms with E-state index >= 15 is 0 Å². The minimum Gasteiger partial charge on any atom is -0.370 e. The molecule has 0 spiro atoms. The number of anilines is 1. The Labute approximate surface area is 117 Å². The number of hydrogen-bond donors (Lipinski definition) is 0. The zero-order valence-electron chi connectivity index (χ0n) is 11.1. The van der Waals surface area contributed by atoms with Gasteiger partial charge in [-0.1, -0.05) is 0 Å². The highest BCUT2D eigenvalue weighted by molar-refractivity contribution is 6.18. The van der Waals surface area contributed by atoms with Gasteiger partial charge in [0.15, 0.2) is 5.82 Å². The van der Waals surface area contributed by atoms with Crippen LogP contribution in [0.5, 0.6) is 0 Å². The Balaban J connectivity index is 1.99. The van der Waals surface area contributed by atoms with Crippen LogP contribution in [-0.4, -0.2) is 45.7 Å². The van der Waals surface area contributed by atoms with E-state index in [1.807, 2.05) is 30.2 Å². The van der Waals surface area contributed by atoms with E-state index in [0.29, 0.717) is 5.88 Å². The Hall–Kier alpha value is -1.33. The van der Waals surface area contributed by atoms with Gasteiger partial charge in [-0.3, -0.25) is 0 Å². The van der Waals surface area contributed by atoms with Gasteiger partial charge in [-0.05, 0) is 13.0 Å². The summed E-state index contributed by atoms with van der Waals surface area (Å²) in [6, 6.07) is 1.98. The molecule has 3 heterocycles. The summed E-state index contributed by atoms with van der Waals surface area (Å²) in [5, 5.41) is 0. The molecular weight excluding hydrogens is 264 g/mol. The predicted octanol–water partition coefficient (Wildman–Crippen LogP) is 1.80. The lowest BCUT2D eigenvalue weighted by atomic mass is 10.2. The maximum absolute atomic E-state index is 5.93. The third-order valence-corrected chi connectivity index (χ3v) is 3.77. The molecule has 2 unspecified atom stereocenters. The van der Waals surface area contributed by atoms with Gasteiger partial charge >= 0.3 is 0 Å². The highest BCUT2D eigenvalue weighted by Crippen LogP contribution is 2.25. The van der Waals surface area contributed by atoms with Gasteiger partial charge in [0.25, 0.3) is 0 Å². The molecule has 0 bridgehead atoms. The van der Waals surface area contributed by atoms with E-state index in [1.54, 1.807) is 0 Å². The van der Waals surface area contributed by atoms with Gasteiger partial charge in [-0.25, -0.2) is 9.97 Å². The molecular formula is C13H17ClN4O. The lowest BCUT2D eigenvalue weighted by Gasteiger charge is -2.36. The fourth-order valence-electron chi connectivity index (χ4n) is 2.58. The van der Waals surface area contributed by atoms with Crippen molar-refractivity contribution in [3.05, 3.63) is 18.6 Å². The number of morpholine rings is 1. The van der Waals surface area contributed by atoms with Gasteiger partial charge in [0.2, 0.25) is 0 Å². The highest BCUT2D eigenvalue weighted by Gasteiger charge is 2.27. The van der Waals surface area contributed by atoms with Gasteiger partial charge < -0.3 is 14.2 Å². The quantitative estimate of drug-likeness (QED) is 0.787. The number of alkyl halides is 1. The van der Waals surface area contributed by atoms with E-state index < -0.39 is 0 Å². The third-order valence-electron chi connectivity index (χ3n) is 3.42. The lowest BCUT2D eigenvalue weighted by Crippen LogP contribution is -2.47. The Bertz CT molecular complexity index is 585. The van der Waals surface area contributed by atoms with Crippen LogP contribution in [0, 0.1) is 0 Å². The molecule has 5 nitrogen and oxygen atoms in total. The monoisotopic (exact) mass is 280 g/mol. The number of pyridine rings is 1. The molecule has 2 atom stereocenters. The summed E-state index contributed by atoms with van der Waals surface area (Å²) >= 11 is 5.93. The molecule has 0 amide bonds. The van der Waals surface area contributed by atoms with Crippen molar-refractivity contribution in [2.75, 3.05) is 23.9 Å². The second kappa shape index (κ2) is 4.98. The van der Waals surface area contributed by atoms with Crippen LogP contribution < -0.4 is 4.90 Å². The summed E-state index contributed by atoms with van der Waals surface area (Å²) in [6.45, 7) is 3.64. The third kappa shape index (κ3) is 2.28. The average molecular weight is 281 g/mol. The van der Waals surface area contributed by atoms with E-state index in [1.165, 1.54) is 0 Å². The standard InChI is InChI=1S/C13H17ClN4O/c1-9-6-18(7-10(5-14)19-9)13-12-11(3-4-15-13)17(2)8-16-12/h3-4,8-10H,5-7H2,1-2H3. The summed E-state index contributed by atoms with van der Waals surface area (Å²) in [5.74, 6) is 1.42. The first-order chi connectivity index (χ1) is 9.19. The van der Waals surface area contributed by atoms with Crippen LogP contribution in [0.1, 0.15) is 6.92 Å². The van der Waals surface area contributed by atoms with Crippen LogP contribution in [-0.2, 0) is 11.8 Å². The smallest absolute Gasteiger partial charge is 0.156 e. The largest absolute Gasteiger partial charge is 0.370 e. The van der Waals surface area contributed by atoms with Crippen LogP contribution >= 0.6 is 11.6 Å². The van der Waals surface area contributed by atoms with E-state index in [9.17, 15) is 0 Å². The molecule has 1 aliphatic heterocycles. The first kappa shape index (κ1) is 12.7. The molecule has 1 aliphatic rings. The highest BCUT2D eigenvalue weighted by atomic mass is 35.5. The molecule has 0 saturated carbocycles. The summed E-state index contributed by atoms with van der Waals surface area (Å²) in [5.41, 5.74) is 2.03.